The lowest BCUT2D eigenvalue weighted by Gasteiger charge is -2.16. The van der Waals surface area contributed by atoms with Gasteiger partial charge in [0, 0.05) is 19.8 Å². The fourth-order valence-corrected chi connectivity index (χ4v) is 2.31. The highest BCUT2D eigenvalue weighted by atomic mass is 16.5. The summed E-state index contributed by atoms with van der Waals surface area (Å²) in [6.07, 6.45) is 1.83. The first-order valence-corrected chi connectivity index (χ1v) is 7.00. The summed E-state index contributed by atoms with van der Waals surface area (Å²) < 4.78 is 6.83. The predicted molar refractivity (Wildman–Crippen MR) is 84.0 cm³/mol. The van der Waals surface area contributed by atoms with Crippen molar-refractivity contribution >= 4 is 11.4 Å². The van der Waals surface area contributed by atoms with Gasteiger partial charge in [-0.25, -0.2) is 4.52 Å². The third kappa shape index (κ3) is 2.79. The Hall–Kier alpha value is -2.82. The number of amides is 1. The molecule has 0 N–H and O–H groups in total. The van der Waals surface area contributed by atoms with Gasteiger partial charge in [0.15, 0.2) is 5.69 Å². The summed E-state index contributed by atoms with van der Waals surface area (Å²) in [6.45, 7) is 0.525. The van der Waals surface area contributed by atoms with Crippen LogP contribution in [0.5, 0.6) is 5.75 Å². The average Bonchev–Trinajstić information content (AvgIpc) is 2.98. The van der Waals surface area contributed by atoms with Crippen molar-refractivity contribution < 1.29 is 9.53 Å². The zero-order chi connectivity index (χ0) is 15.5. The lowest BCUT2D eigenvalue weighted by molar-refractivity contribution is 0.0779. The molecule has 112 valence electrons. The van der Waals surface area contributed by atoms with Crippen LogP contribution in [0, 0.1) is 0 Å². The Bertz CT molecular complexity index is 760. The van der Waals surface area contributed by atoms with E-state index in [4.69, 9.17) is 4.74 Å². The molecule has 0 unspecified atom stereocenters. The van der Waals surface area contributed by atoms with E-state index in [1.165, 1.54) is 0 Å². The minimum atomic E-state index is -0.0977. The van der Waals surface area contributed by atoms with Crippen molar-refractivity contribution in [3.05, 3.63) is 66.0 Å². The van der Waals surface area contributed by atoms with Crippen molar-refractivity contribution in [1.29, 1.82) is 0 Å². The number of hydrogen-bond acceptors (Lipinski definition) is 3. The zero-order valence-corrected chi connectivity index (χ0v) is 12.6. The molecule has 0 aliphatic rings. The second kappa shape index (κ2) is 5.89. The Morgan fingerprint density at radius 2 is 2.00 bits per heavy atom. The smallest absolute Gasteiger partial charge is 0.274 e. The SMILES string of the molecule is COc1ccc(CN(C)C(=O)c2cc3ccccn3n2)cc1. The number of aromatic nitrogens is 2. The monoisotopic (exact) mass is 295 g/mol. The molecule has 0 spiro atoms. The Morgan fingerprint density at radius 3 is 2.68 bits per heavy atom. The van der Waals surface area contributed by atoms with Crippen LogP contribution in [-0.2, 0) is 6.54 Å². The van der Waals surface area contributed by atoms with Crippen LogP contribution in [0.3, 0.4) is 0 Å². The molecule has 2 heterocycles. The van der Waals surface area contributed by atoms with E-state index in [1.807, 2.05) is 48.7 Å². The number of rotatable bonds is 4. The minimum Gasteiger partial charge on any atom is -0.497 e. The first-order chi connectivity index (χ1) is 10.7. The molecule has 0 radical (unpaired) electrons. The summed E-state index contributed by atoms with van der Waals surface area (Å²) in [7, 11) is 3.41. The maximum Gasteiger partial charge on any atom is 0.274 e. The molecule has 0 saturated carbocycles. The average molecular weight is 295 g/mol. The third-order valence-electron chi connectivity index (χ3n) is 3.51. The maximum atomic E-state index is 12.5. The molecule has 0 fully saturated rings. The van der Waals surface area contributed by atoms with Gasteiger partial charge in [-0.2, -0.15) is 5.10 Å². The van der Waals surface area contributed by atoms with Crippen molar-refractivity contribution in [1.82, 2.24) is 14.5 Å². The molecule has 3 rings (SSSR count). The van der Waals surface area contributed by atoms with Crippen LogP contribution in [0.2, 0.25) is 0 Å². The predicted octanol–water partition coefficient (Wildman–Crippen LogP) is 2.62. The molecule has 0 aliphatic carbocycles. The molecule has 1 aromatic carbocycles. The van der Waals surface area contributed by atoms with Gasteiger partial charge in [0.25, 0.3) is 5.91 Å². The molecule has 22 heavy (non-hydrogen) atoms. The highest BCUT2D eigenvalue weighted by Crippen LogP contribution is 2.14. The van der Waals surface area contributed by atoms with E-state index in [1.54, 1.807) is 29.6 Å². The Kier molecular flexibility index (Phi) is 3.78. The number of pyridine rings is 1. The minimum absolute atomic E-state index is 0.0977. The van der Waals surface area contributed by atoms with Gasteiger partial charge in [-0.1, -0.05) is 18.2 Å². The summed E-state index contributed by atoms with van der Waals surface area (Å²) in [5.74, 6) is 0.706. The van der Waals surface area contributed by atoms with Gasteiger partial charge in [0.1, 0.15) is 5.75 Å². The highest BCUT2D eigenvalue weighted by Gasteiger charge is 2.15. The van der Waals surface area contributed by atoms with Crippen LogP contribution in [-0.4, -0.2) is 34.6 Å². The van der Waals surface area contributed by atoms with Crippen LogP contribution in [0.4, 0.5) is 0 Å². The molecule has 0 atom stereocenters. The number of carbonyl (C=O) groups excluding carboxylic acids is 1. The number of hydrogen-bond donors (Lipinski definition) is 0. The number of carbonyl (C=O) groups is 1. The van der Waals surface area contributed by atoms with Gasteiger partial charge in [-0.3, -0.25) is 4.79 Å². The number of ether oxygens (including phenoxy) is 1. The van der Waals surface area contributed by atoms with E-state index in [9.17, 15) is 4.79 Å². The standard InChI is InChI=1S/C17H17N3O2/c1-19(12-13-6-8-15(22-2)9-7-13)17(21)16-11-14-5-3-4-10-20(14)18-16/h3-11H,12H2,1-2H3. The number of nitrogens with zero attached hydrogens (tertiary/aromatic N) is 3. The van der Waals surface area contributed by atoms with Crippen molar-refractivity contribution in [3.8, 4) is 5.75 Å². The second-order valence-corrected chi connectivity index (χ2v) is 5.11. The summed E-state index contributed by atoms with van der Waals surface area (Å²) in [5.41, 5.74) is 2.39. The molecular weight excluding hydrogens is 278 g/mol. The summed E-state index contributed by atoms with van der Waals surface area (Å²) in [5, 5.41) is 4.31. The van der Waals surface area contributed by atoms with E-state index in [-0.39, 0.29) is 5.91 Å². The summed E-state index contributed by atoms with van der Waals surface area (Å²) >= 11 is 0. The van der Waals surface area contributed by atoms with Crippen LogP contribution in [0.25, 0.3) is 5.52 Å². The molecule has 2 aromatic heterocycles. The molecule has 0 aliphatic heterocycles. The summed E-state index contributed by atoms with van der Waals surface area (Å²) in [4.78, 5) is 14.1. The number of fused-ring (bicyclic) bond motifs is 1. The first-order valence-electron chi connectivity index (χ1n) is 7.00. The molecular formula is C17H17N3O2. The number of methoxy groups -OCH3 is 1. The van der Waals surface area contributed by atoms with Crippen LogP contribution in [0.15, 0.2) is 54.7 Å². The normalized spacial score (nSPS) is 10.6. The van der Waals surface area contributed by atoms with Crippen LogP contribution < -0.4 is 4.74 Å². The zero-order valence-electron chi connectivity index (χ0n) is 12.6. The lowest BCUT2D eigenvalue weighted by atomic mass is 10.2. The quantitative estimate of drug-likeness (QED) is 0.743. The largest absolute Gasteiger partial charge is 0.497 e. The van der Waals surface area contributed by atoms with Gasteiger partial charge < -0.3 is 9.64 Å². The molecule has 0 bridgehead atoms. The van der Waals surface area contributed by atoms with Gasteiger partial charge in [-0.05, 0) is 35.9 Å². The Labute approximate surface area is 128 Å². The fraction of sp³-hybridized carbons (Fsp3) is 0.176. The van der Waals surface area contributed by atoms with E-state index in [0.717, 1.165) is 16.8 Å². The molecule has 3 aromatic rings. The Balaban J connectivity index is 1.75. The first kappa shape index (κ1) is 14.1. The van der Waals surface area contributed by atoms with Crippen LogP contribution >= 0.6 is 0 Å². The van der Waals surface area contributed by atoms with Crippen molar-refractivity contribution in [2.45, 2.75) is 6.54 Å². The van der Waals surface area contributed by atoms with Crippen molar-refractivity contribution in [2.24, 2.45) is 0 Å². The highest BCUT2D eigenvalue weighted by molar-refractivity contribution is 5.93. The second-order valence-electron chi connectivity index (χ2n) is 5.11. The van der Waals surface area contributed by atoms with E-state index in [2.05, 4.69) is 5.10 Å². The topological polar surface area (TPSA) is 46.8 Å². The summed E-state index contributed by atoms with van der Waals surface area (Å²) in [6, 6.07) is 15.2. The van der Waals surface area contributed by atoms with Gasteiger partial charge in [0.05, 0.1) is 12.6 Å². The van der Waals surface area contributed by atoms with Gasteiger partial charge >= 0.3 is 0 Å². The van der Waals surface area contributed by atoms with E-state index >= 15 is 0 Å². The Morgan fingerprint density at radius 1 is 1.23 bits per heavy atom. The van der Waals surface area contributed by atoms with Gasteiger partial charge in [-0.15, -0.1) is 0 Å². The van der Waals surface area contributed by atoms with Crippen molar-refractivity contribution in [2.75, 3.05) is 14.2 Å². The molecule has 5 heteroatoms. The molecule has 0 saturated heterocycles. The third-order valence-corrected chi connectivity index (χ3v) is 3.51. The molecule has 5 nitrogen and oxygen atoms in total. The van der Waals surface area contributed by atoms with Gasteiger partial charge in [0.2, 0.25) is 0 Å². The lowest BCUT2D eigenvalue weighted by Crippen LogP contribution is -2.26. The van der Waals surface area contributed by atoms with Crippen molar-refractivity contribution in [3.63, 3.8) is 0 Å². The maximum absolute atomic E-state index is 12.5. The fourth-order valence-electron chi connectivity index (χ4n) is 2.31. The van der Waals surface area contributed by atoms with Crippen LogP contribution in [0.1, 0.15) is 16.1 Å². The molecule has 1 amide bonds. The van der Waals surface area contributed by atoms with E-state index in [0.29, 0.717) is 12.2 Å². The number of benzene rings is 1. The van der Waals surface area contributed by atoms with E-state index < -0.39 is 0 Å².